The molecule has 0 atom stereocenters. The summed E-state index contributed by atoms with van der Waals surface area (Å²) < 4.78 is 0. The highest BCUT2D eigenvalue weighted by Crippen LogP contribution is 2.30. The van der Waals surface area contributed by atoms with Crippen LogP contribution >= 0.6 is 0 Å². The Labute approximate surface area is 112 Å². The number of likely N-dealkylation sites (tertiary alicyclic amines) is 1. The summed E-state index contributed by atoms with van der Waals surface area (Å²) in [7, 11) is 0. The zero-order chi connectivity index (χ0) is 12.7. The molecule has 1 heterocycles. The zero-order valence-corrected chi connectivity index (χ0v) is 10.9. The molecule has 4 nitrogen and oxygen atoms in total. The monoisotopic (exact) mass is 259 g/mol. The average Bonchev–Trinajstić information content (AvgIpc) is 2.99. The van der Waals surface area contributed by atoms with Crippen LogP contribution in [0.4, 0.5) is 0 Å². The summed E-state index contributed by atoms with van der Waals surface area (Å²) in [5.74, 6) is -0.222. The normalized spacial score (nSPS) is 17.5. The molecule has 3 rings (SSSR count). The molecule has 2 aliphatic rings. The molecule has 0 saturated carbocycles. The van der Waals surface area contributed by atoms with Gasteiger partial charge in [0.25, 0.3) is 0 Å². The molecular weight excluding hydrogens is 242 g/mol. The van der Waals surface area contributed by atoms with Crippen molar-refractivity contribution >= 4 is 11.6 Å². The lowest BCUT2D eigenvalue weighted by atomic mass is 10.1. The molecule has 0 unspecified atom stereocenters. The fraction of sp³-hybridized carbons (Fsp3) is 0.333. The van der Waals surface area contributed by atoms with Crippen molar-refractivity contribution in [3.63, 3.8) is 0 Å². The molecule has 19 heavy (non-hydrogen) atoms. The number of nitrogens with zero attached hydrogens (tertiary/aromatic N) is 1. The molecule has 0 radical (unpaired) electrons. The molecule has 100 valence electrons. The predicted molar refractivity (Wildman–Crippen MR) is 72.2 cm³/mol. The third kappa shape index (κ3) is 1.98. The fourth-order valence-corrected chi connectivity index (χ4v) is 2.79. The number of hydrogen-bond acceptors (Lipinski definition) is 3. The second-order valence-electron chi connectivity index (χ2n) is 4.86. The van der Waals surface area contributed by atoms with Crippen molar-refractivity contribution in [3.8, 4) is 0 Å². The minimum atomic E-state index is -0.111. The van der Waals surface area contributed by atoms with E-state index in [4.69, 9.17) is 0 Å². The Morgan fingerprint density at radius 1 is 1.00 bits per heavy atom. The van der Waals surface area contributed by atoms with Crippen molar-refractivity contribution in [2.45, 2.75) is 19.8 Å². The molecule has 0 bridgehead atoms. The van der Waals surface area contributed by atoms with E-state index in [9.17, 15) is 9.59 Å². The number of carbonyl (C=O) groups excluding carboxylic acids is 2. The molecule has 1 aromatic carbocycles. The largest absolute Gasteiger partial charge is 0.412 e. The first kappa shape index (κ1) is 13.5. The lowest BCUT2D eigenvalue weighted by Gasteiger charge is -2.19. The van der Waals surface area contributed by atoms with Crippen molar-refractivity contribution in [2.75, 3.05) is 13.1 Å². The van der Waals surface area contributed by atoms with Crippen molar-refractivity contribution in [3.05, 3.63) is 46.7 Å². The summed E-state index contributed by atoms with van der Waals surface area (Å²) in [6.45, 7) is 3.79. The lowest BCUT2D eigenvalue weighted by Crippen LogP contribution is -2.21. The molecule has 1 aliphatic heterocycles. The number of Topliss-reactive ketones (excluding diaryl/α,β-unsaturated/α-hetero) is 2. The predicted octanol–water partition coefficient (Wildman–Crippen LogP) is 1.61. The Bertz CT molecular complexity index is 532. The van der Waals surface area contributed by atoms with Crippen LogP contribution in [0.15, 0.2) is 35.5 Å². The minimum absolute atomic E-state index is 0. The molecule has 0 spiro atoms. The van der Waals surface area contributed by atoms with Gasteiger partial charge in [-0.25, -0.2) is 0 Å². The van der Waals surface area contributed by atoms with E-state index in [-0.39, 0.29) is 17.0 Å². The fourth-order valence-electron chi connectivity index (χ4n) is 2.79. The highest BCUT2D eigenvalue weighted by Gasteiger charge is 2.35. The topological polar surface area (TPSA) is 68.9 Å². The summed E-state index contributed by atoms with van der Waals surface area (Å²) in [5, 5.41) is 0. The Kier molecular flexibility index (Phi) is 3.53. The first-order valence-corrected chi connectivity index (χ1v) is 6.34. The van der Waals surface area contributed by atoms with Gasteiger partial charge >= 0.3 is 0 Å². The van der Waals surface area contributed by atoms with E-state index in [2.05, 4.69) is 4.90 Å². The Morgan fingerprint density at radius 2 is 1.47 bits per heavy atom. The third-order valence-electron chi connectivity index (χ3n) is 3.81. The van der Waals surface area contributed by atoms with Gasteiger partial charge in [-0.1, -0.05) is 24.3 Å². The maximum atomic E-state index is 12.3. The van der Waals surface area contributed by atoms with Crippen LogP contribution in [0.25, 0.3) is 0 Å². The van der Waals surface area contributed by atoms with Crippen LogP contribution in [0.3, 0.4) is 0 Å². The van der Waals surface area contributed by atoms with Crippen LogP contribution < -0.4 is 0 Å². The van der Waals surface area contributed by atoms with Gasteiger partial charge in [-0.3, -0.25) is 9.59 Å². The van der Waals surface area contributed by atoms with Crippen LogP contribution in [0.5, 0.6) is 0 Å². The van der Waals surface area contributed by atoms with Gasteiger partial charge in [-0.15, -0.1) is 0 Å². The molecule has 2 N–H and O–H groups in total. The number of benzene rings is 1. The van der Waals surface area contributed by atoms with Gasteiger partial charge in [-0.05, 0) is 19.8 Å². The van der Waals surface area contributed by atoms with Crippen LogP contribution in [-0.2, 0) is 0 Å². The summed E-state index contributed by atoms with van der Waals surface area (Å²) in [4.78, 5) is 26.7. The molecular formula is C15H17NO3. The van der Waals surface area contributed by atoms with Crippen LogP contribution in [0, 0.1) is 0 Å². The molecule has 0 amide bonds. The number of carbonyl (C=O) groups is 2. The quantitative estimate of drug-likeness (QED) is 0.568. The van der Waals surface area contributed by atoms with Gasteiger partial charge in [0.2, 0.25) is 0 Å². The van der Waals surface area contributed by atoms with Gasteiger partial charge < -0.3 is 10.4 Å². The van der Waals surface area contributed by atoms with Crippen LogP contribution in [-0.4, -0.2) is 35.0 Å². The van der Waals surface area contributed by atoms with Crippen molar-refractivity contribution in [1.29, 1.82) is 0 Å². The highest BCUT2D eigenvalue weighted by atomic mass is 16.2. The SMILES string of the molecule is CC(=C1C(=O)c2ccccc2C1=O)N1CCCC1.O. The lowest BCUT2D eigenvalue weighted by molar-refractivity contribution is 0.0983. The highest BCUT2D eigenvalue weighted by molar-refractivity contribution is 6.39. The van der Waals surface area contributed by atoms with Crippen molar-refractivity contribution < 1.29 is 15.1 Å². The smallest absolute Gasteiger partial charge is 0.199 e. The summed E-state index contributed by atoms with van der Waals surface area (Å²) in [6, 6.07) is 7.08. The van der Waals surface area contributed by atoms with Gasteiger partial charge in [0.1, 0.15) is 0 Å². The van der Waals surface area contributed by atoms with Gasteiger partial charge in [-0.2, -0.15) is 0 Å². The van der Waals surface area contributed by atoms with Gasteiger partial charge in [0, 0.05) is 29.9 Å². The number of ketones is 2. The number of hydrogen-bond donors (Lipinski definition) is 0. The second-order valence-corrected chi connectivity index (χ2v) is 4.86. The summed E-state index contributed by atoms with van der Waals surface area (Å²) in [5.41, 5.74) is 2.32. The first-order valence-electron chi connectivity index (χ1n) is 6.34. The Hall–Kier alpha value is -1.94. The molecule has 0 aromatic heterocycles. The summed E-state index contributed by atoms with van der Waals surface area (Å²) in [6.07, 6.45) is 2.28. The van der Waals surface area contributed by atoms with Gasteiger partial charge in [0.05, 0.1) is 5.57 Å². The van der Waals surface area contributed by atoms with E-state index < -0.39 is 0 Å². The zero-order valence-electron chi connectivity index (χ0n) is 10.9. The molecule has 4 heteroatoms. The second kappa shape index (κ2) is 4.97. The van der Waals surface area contributed by atoms with Crippen molar-refractivity contribution in [1.82, 2.24) is 4.90 Å². The van der Waals surface area contributed by atoms with E-state index in [0.29, 0.717) is 16.7 Å². The van der Waals surface area contributed by atoms with E-state index in [1.807, 2.05) is 6.92 Å². The number of rotatable bonds is 1. The standard InChI is InChI=1S/C15H15NO2.H2O/c1-10(16-8-4-5-9-16)13-14(17)11-6-2-3-7-12(11)15(13)18;/h2-3,6-7H,4-5,8-9H2,1H3;1H2. The Morgan fingerprint density at radius 3 is 1.95 bits per heavy atom. The maximum absolute atomic E-state index is 12.3. The van der Waals surface area contributed by atoms with Gasteiger partial charge in [0.15, 0.2) is 11.6 Å². The van der Waals surface area contributed by atoms with Crippen molar-refractivity contribution in [2.24, 2.45) is 0 Å². The number of fused-ring (bicyclic) bond motifs is 1. The molecule has 1 saturated heterocycles. The Balaban J connectivity index is 0.00000133. The van der Waals surface area contributed by atoms with Crippen LogP contribution in [0.2, 0.25) is 0 Å². The van der Waals surface area contributed by atoms with E-state index in [1.54, 1.807) is 24.3 Å². The van der Waals surface area contributed by atoms with E-state index in [1.165, 1.54) is 0 Å². The average molecular weight is 259 g/mol. The van der Waals surface area contributed by atoms with E-state index in [0.717, 1.165) is 31.6 Å². The molecule has 1 aliphatic carbocycles. The molecule has 1 aromatic rings. The minimum Gasteiger partial charge on any atom is -0.412 e. The first-order chi connectivity index (χ1) is 8.70. The maximum Gasteiger partial charge on any atom is 0.199 e. The third-order valence-corrected chi connectivity index (χ3v) is 3.81. The molecule has 1 fully saturated rings. The van der Waals surface area contributed by atoms with E-state index >= 15 is 0 Å². The number of allylic oxidation sites excluding steroid dienone is 2. The van der Waals surface area contributed by atoms with Crippen LogP contribution in [0.1, 0.15) is 40.5 Å². The summed E-state index contributed by atoms with van der Waals surface area (Å²) >= 11 is 0.